The lowest BCUT2D eigenvalue weighted by atomic mass is 9.96. The van der Waals surface area contributed by atoms with E-state index in [2.05, 4.69) is 10.3 Å². The molecule has 43 heavy (non-hydrogen) atoms. The van der Waals surface area contributed by atoms with Gasteiger partial charge in [0.05, 0.1) is 23.8 Å². The van der Waals surface area contributed by atoms with Crippen molar-refractivity contribution in [3.05, 3.63) is 50.6 Å². The minimum atomic E-state index is -1.49. The van der Waals surface area contributed by atoms with E-state index < -0.39 is 48.8 Å². The lowest BCUT2D eigenvalue weighted by Gasteiger charge is -2.41. The molecular weight excluding hydrogens is 607 g/mol. The number of esters is 1. The Morgan fingerprint density at radius 1 is 1.14 bits per heavy atom. The number of aromatic nitrogens is 1. The number of pyridine rings is 1. The van der Waals surface area contributed by atoms with Gasteiger partial charge in [-0.25, -0.2) is 4.98 Å². The monoisotopic (exact) mass is 644 g/mol. The molecule has 14 heteroatoms. The van der Waals surface area contributed by atoms with Gasteiger partial charge in [-0.1, -0.05) is 23.2 Å². The van der Waals surface area contributed by atoms with Crippen LogP contribution in [0.5, 0.6) is 11.6 Å². The molecule has 0 unspecified atom stereocenters. The maximum Gasteiger partial charge on any atom is 0.306 e. The van der Waals surface area contributed by atoms with Crippen LogP contribution in [0.2, 0.25) is 10.0 Å². The van der Waals surface area contributed by atoms with Gasteiger partial charge >= 0.3 is 5.97 Å². The number of methoxy groups -OCH3 is 2. The Balaban J connectivity index is 1.74. The third-order valence-corrected chi connectivity index (χ3v) is 7.39. The minimum absolute atomic E-state index is 0.0197. The summed E-state index contributed by atoms with van der Waals surface area (Å²) in [5.74, 6) is -0.493. The number of rotatable bonds is 11. The van der Waals surface area contributed by atoms with E-state index in [1.807, 2.05) is 0 Å². The van der Waals surface area contributed by atoms with Crippen molar-refractivity contribution in [1.82, 2.24) is 10.3 Å². The van der Waals surface area contributed by atoms with Gasteiger partial charge in [-0.15, -0.1) is 0 Å². The Morgan fingerprint density at radius 2 is 1.84 bits per heavy atom. The van der Waals surface area contributed by atoms with E-state index in [0.717, 1.165) is 0 Å². The molecule has 12 nitrogen and oxygen atoms in total. The van der Waals surface area contributed by atoms with Crippen LogP contribution in [0.4, 0.5) is 0 Å². The molecule has 0 radical (unpaired) electrons. The summed E-state index contributed by atoms with van der Waals surface area (Å²) in [7, 11) is 2.79. The molecule has 3 rings (SSSR count). The topological polar surface area (TPSA) is 166 Å². The van der Waals surface area contributed by atoms with Gasteiger partial charge in [0.15, 0.2) is 12.0 Å². The summed E-state index contributed by atoms with van der Waals surface area (Å²) in [4.78, 5) is 29.7. The molecule has 238 valence electrons. The number of benzene rings is 1. The first-order valence-electron chi connectivity index (χ1n) is 13.5. The van der Waals surface area contributed by atoms with E-state index >= 15 is 0 Å². The van der Waals surface area contributed by atoms with Crippen molar-refractivity contribution in [1.29, 1.82) is 0 Å². The minimum Gasteiger partial charge on any atom is -0.486 e. The molecule has 1 fully saturated rings. The standard InChI is InChI=1S/C29H38Cl2N2O10/c1-14-17(26(38)33-22-24(37)23(36)19(12-34)42-28(22)40-6)10-18(30)25(21(14)31)41-13-15-9-16(27(39-5)32-11-15)7-8-20(35)43-29(2,3)4/h9-11,19,22-24,28,34,36-37H,7-8,12-13H2,1-6H3,(H,33,38)/t19-,22-,23-,24-,28+/m1/s1. The van der Waals surface area contributed by atoms with E-state index in [0.29, 0.717) is 29.0 Å². The fraction of sp³-hybridized carbons (Fsp3) is 0.552. The van der Waals surface area contributed by atoms with Gasteiger partial charge in [0.1, 0.15) is 36.6 Å². The van der Waals surface area contributed by atoms with Crippen LogP contribution in [0.15, 0.2) is 18.3 Å². The second kappa shape index (κ2) is 14.8. The third kappa shape index (κ3) is 8.69. The van der Waals surface area contributed by atoms with E-state index in [9.17, 15) is 24.9 Å². The van der Waals surface area contributed by atoms with Crippen LogP contribution in [0.3, 0.4) is 0 Å². The first-order valence-corrected chi connectivity index (χ1v) is 14.3. The summed E-state index contributed by atoms with van der Waals surface area (Å²) in [5, 5.41) is 32.9. The predicted molar refractivity (Wildman–Crippen MR) is 157 cm³/mol. The fourth-order valence-electron chi connectivity index (χ4n) is 4.50. The molecule has 0 bridgehead atoms. The number of hydrogen-bond acceptors (Lipinski definition) is 11. The Morgan fingerprint density at radius 3 is 2.44 bits per heavy atom. The van der Waals surface area contributed by atoms with Crippen LogP contribution >= 0.6 is 23.2 Å². The number of aryl methyl sites for hydroxylation is 1. The summed E-state index contributed by atoms with van der Waals surface area (Å²) in [6.07, 6.45) is -3.14. The van der Waals surface area contributed by atoms with E-state index in [1.54, 1.807) is 40.0 Å². The number of ether oxygens (including phenoxy) is 5. The number of halogens is 2. The van der Waals surface area contributed by atoms with Crippen LogP contribution in [-0.4, -0.2) is 89.3 Å². The third-order valence-electron chi connectivity index (χ3n) is 6.65. The van der Waals surface area contributed by atoms with Gasteiger partial charge in [-0.3, -0.25) is 9.59 Å². The molecule has 1 aromatic carbocycles. The molecular formula is C29H38Cl2N2O10. The zero-order valence-corrected chi connectivity index (χ0v) is 26.4. The average molecular weight is 646 g/mol. The fourth-order valence-corrected chi connectivity index (χ4v) is 5.07. The Hall–Kier alpha value is -2.71. The second-order valence-corrected chi connectivity index (χ2v) is 11.8. The zero-order valence-electron chi connectivity index (χ0n) is 24.8. The number of carbonyl (C=O) groups excluding carboxylic acids is 2. The Bertz CT molecular complexity index is 1300. The first-order chi connectivity index (χ1) is 20.2. The normalized spacial score (nSPS) is 22.2. The molecule has 0 spiro atoms. The number of hydrogen-bond donors (Lipinski definition) is 4. The van der Waals surface area contributed by atoms with Crippen molar-refractivity contribution in [2.75, 3.05) is 20.8 Å². The van der Waals surface area contributed by atoms with Gasteiger partial charge < -0.3 is 44.3 Å². The highest BCUT2D eigenvalue weighted by Gasteiger charge is 2.45. The van der Waals surface area contributed by atoms with Crippen LogP contribution < -0.4 is 14.8 Å². The number of aliphatic hydroxyl groups is 3. The Labute approximate surface area is 260 Å². The summed E-state index contributed by atoms with van der Waals surface area (Å²) in [6, 6.07) is 2.01. The highest BCUT2D eigenvalue weighted by atomic mass is 35.5. The molecule has 2 heterocycles. The lowest BCUT2D eigenvalue weighted by Crippen LogP contribution is -2.64. The zero-order chi connectivity index (χ0) is 32.1. The highest BCUT2D eigenvalue weighted by Crippen LogP contribution is 2.38. The molecule has 1 amide bonds. The largest absolute Gasteiger partial charge is 0.486 e. The quantitative estimate of drug-likeness (QED) is 0.266. The maximum atomic E-state index is 13.2. The van der Waals surface area contributed by atoms with E-state index in [1.165, 1.54) is 20.3 Å². The van der Waals surface area contributed by atoms with Crippen LogP contribution in [0.25, 0.3) is 0 Å². The molecule has 1 aliphatic heterocycles. The molecule has 0 aliphatic carbocycles. The van der Waals surface area contributed by atoms with Crippen LogP contribution in [0, 0.1) is 6.92 Å². The van der Waals surface area contributed by atoms with Crippen molar-refractivity contribution in [2.45, 2.75) is 83.4 Å². The molecule has 1 saturated heterocycles. The molecule has 1 aliphatic rings. The molecule has 0 saturated carbocycles. The summed E-state index contributed by atoms with van der Waals surface area (Å²) in [6.45, 7) is 6.47. The second-order valence-electron chi connectivity index (χ2n) is 11.0. The number of carbonyl (C=O) groups is 2. The van der Waals surface area contributed by atoms with Crippen molar-refractivity contribution < 1.29 is 48.6 Å². The van der Waals surface area contributed by atoms with Crippen LogP contribution in [-0.2, 0) is 32.0 Å². The van der Waals surface area contributed by atoms with Gasteiger partial charge in [0.2, 0.25) is 5.88 Å². The number of amides is 1. The van der Waals surface area contributed by atoms with E-state index in [-0.39, 0.29) is 40.4 Å². The lowest BCUT2D eigenvalue weighted by molar-refractivity contribution is -0.261. The molecule has 4 N–H and O–H groups in total. The molecule has 1 aromatic heterocycles. The first kappa shape index (κ1) is 34.8. The molecule has 2 aromatic rings. The van der Waals surface area contributed by atoms with Gasteiger partial charge in [-0.2, -0.15) is 0 Å². The number of aliphatic hydroxyl groups excluding tert-OH is 3. The average Bonchev–Trinajstić information content (AvgIpc) is 2.95. The van der Waals surface area contributed by atoms with Gasteiger partial charge in [0, 0.05) is 36.4 Å². The number of nitrogens with zero attached hydrogens (tertiary/aromatic N) is 1. The predicted octanol–water partition coefficient (Wildman–Crippen LogP) is 2.74. The summed E-state index contributed by atoms with van der Waals surface area (Å²) >= 11 is 13.1. The number of nitrogens with one attached hydrogen (secondary N) is 1. The molecule has 5 atom stereocenters. The SMILES string of the molecule is COc1ncc(COc2c(Cl)cc(C(=O)N[C@H]3[C@@H](OC)O[C@H](CO)[C@@H](O)[C@@H]3O)c(C)c2Cl)cc1CCC(=O)OC(C)(C)C. The summed E-state index contributed by atoms with van der Waals surface area (Å²) < 4.78 is 27.3. The summed E-state index contributed by atoms with van der Waals surface area (Å²) in [5.41, 5.74) is 1.20. The van der Waals surface area contributed by atoms with Crippen molar-refractivity contribution in [3.63, 3.8) is 0 Å². The van der Waals surface area contributed by atoms with Crippen LogP contribution in [0.1, 0.15) is 54.2 Å². The highest BCUT2D eigenvalue weighted by molar-refractivity contribution is 6.38. The van der Waals surface area contributed by atoms with E-state index in [4.69, 9.17) is 46.9 Å². The van der Waals surface area contributed by atoms with Crippen molar-refractivity contribution in [2.24, 2.45) is 0 Å². The van der Waals surface area contributed by atoms with Crippen molar-refractivity contribution in [3.8, 4) is 11.6 Å². The van der Waals surface area contributed by atoms with Gasteiger partial charge in [-0.05, 0) is 51.8 Å². The van der Waals surface area contributed by atoms with Crippen molar-refractivity contribution >= 4 is 35.1 Å². The van der Waals surface area contributed by atoms with Gasteiger partial charge in [0.25, 0.3) is 5.91 Å². The maximum absolute atomic E-state index is 13.2. The smallest absolute Gasteiger partial charge is 0.306 e. The Kier molecular flexibility index (Phi) is 12.0.